The molecular weight excluding hydrogens is 134 g/mol. The lowest BCUT2D eigenvalue weighted by Crippen LogP contribution is -2.17. The first-order valence-corrected chi connectivity index (χ1v) is 2.92. The van der Waals surface area contributed by atoms with Gasteiger partial charge in [0, 0.05) is 0 Å². The second-order valence-electron chi connectivity index (χ2n) is 2.00. The second-order valence-corrected chi connectivity index (χ2v) is 2.00. The number of ether oxygens (including phenoxy) is 2. The van der Waals surface area contributed by atoms with Crippen LogP contribution in [0.1, 0.15) is 0 Å². The predicted molar refractivity (Wildman–Crippen MR) is 34.0 cm³/mol. The van der Waals surface area contributed by atoms with Gasteiger partial charge in [-0.05, 0) is 6.08 Å². The molecule has 1 rings (SSSR count). The summed E-state index contributed by atoms with van der Waals surface area (Å²) in [5.74, 6) is -0.247. The molecular formula is C6H9NO3. The van der Waals surface area contributed by atoms with Crippen molar-refractivity contribution in [2.45, 2.75) is 6.04 Å². The molecule has 2 N–H and O–H groups in total. The molecule has 1 heterocycles. The summed E-state index contributed by atoms with van der Waals surface area (Å²) in [6.07, 6.45) is 1.55. The number of carbonyl (C=O) groups excluding carboxylic acids is 1. The lowest BCUT2D eigenvalue weighted by Gasteiger charge is -1.98. The zero-order chi connectivity index (χ0) is 7.56. The van der Waals surface area contributed by atoms with Gasteiger partial charge in [0.05, 0.1) is 13.2 Å². The highest BCUT2D eigenvalue weighted by Crippen LogP contribution is 2.08. The first-order chi connectivity index (χ1) is 4.74. The Morgan fingerprint density at radius 3 is 3.10 bits per heavy atom. The molecule has 10 heavy (non-hydrogen) atoms. The molecule has 0 radical (unpaired) electrons. The van der Waals surface area contributed by atoms with Crippen molar-refractivity contribution in [3.05, 3.63) is 11.8 Å². The molecule has 0 spiro atoms. The van der Waals surface area contributed by atoms with Crippen LogP contribution in [0, 0.1) is 0 Å². The number of methoxy groups -OCH3 is 1. The lowest BCUT2D eigenvalue weighted by atomic mass is 10.3. The van der Waals surface area contributed by atoms with E-state index in [9.17, 15) is 4.79 Å². The smallest absolute Gasteiger partial charge is 0.373 e. The summed E-state index contributed by atoms with van der Waals surface area (Å²) in [6, 6.07) is -0.172. The molecule has 0 bridgehead atoms. The molecule has 0 aliphatic carbocycles. The molecule has 0 amide bonds. The molecule has 4 heteroatoms. The monoisotopic (exact) mass is 143 g/mol. The summed E-state index contributed by atoms with van der Waals surface area (Å²) >= 11 is 0. The second kappa shape index (κ2) is 2.70. The normalized spacial score (nSPS) is 23.4. The van der Waals surface area contributed by atoms with E-state index in [0.717, 1.165) is 0 Å². The van der Waals surface area contributed by atoms with E-state index < -0.39 is 5.97 Å². The first kappa shape index (κ1) is 7.08. The zero-order valence-electron chi connectivity index (χ0n) is 5.66. The molecule has 1 atom stereocenters. The number of hydrogen-bond acceptors (Lipinski definition) is 4. The standard InChI is InChI=1S/C6H9NO3/c1-9-6(8)5-2-4(7)3-10-5/h2,4H,3,7H2,1H3/t4-/m1/s1. The van der Waals surface area contributed by atoms with E-state index in [1.165, 1.54) is 7.11 Å². The van der Waals surface area contributed by atoms with Gasteiger partial charge in [0.25, 0.3) is 0 Å². The van der Waals surface area contributed by atoms with Crippen LogP contribution in [0.15, 0.2) is 11.8 Å². The maximum atomic E-state index is 10.7. The molecule has 1 aliphatic heterocycles. The average molecular weight is 143 g/mol. The molecule has 56 valence electrons. The third kappa shape index (κ3) is 1.27. The summed E-state index contributed by atoms with van der Waals surface area (Å²) in [6.45, 7) is 0.366. The van der Waals surface area contributed by atoms with E-state index in [2.05, 4.69) is 4.74 Å². The van der Waals surface area contributed by atoms with Crippen LogP contribution in [-0.2, 0) is 14.3 Å². The number of carbonyl (C=O) groups is 1. The molecule has 1 aliphatic rings. The molecule has 0 saturated carbocycles. The third-order valence-electron chi connectivity index (χ3n) is 1.18. The van der Waals surface area contributed by atoms with E-state index in [1.54, 1.807) is 6.08 Å². The Hall–Kier alpha value is -1.03. The Morgan fingerprint density at radius 1 is 2.00 bits per heavy atom. The van der Waals surface area contributed by atoms with Crippen LogP contribution < -0.4 is 5.73 Å². The highest BCUT2D eigenvalue weighted by molar-refractivity contribution is 5.86. The molecule has 0 aromatic carbocycles. The SMILES string of the molecule is COC(=O)C1=C[C@@H](N)CO1. The number of nitrogens with two attached hydrogens (primary N) is 1. The van der Waals surface area contributed by atoms with Gasteiger partial charge in [-0.2, -0.15) is 0 Å². The van der Waals surface area contributed by atoms with Crippen molar-refractivity contribution >= 4 is 5.97 Å². The molecule has 0 saturated heterocycles. The van der Waals surface area contributed by atoms with E-state index in [-0.39, 0.29) is 11.8 Å². The van der Waals surface area contributed by atoms with Crippen LogP contribution in [0.25, 0.3) is 0 Å². The van der Waals surface area contributed by atoms with Gasteiger partial charge >= 0.3 is 5.97 Å². The molecule has 0 aromatic heterocycles. The van der Waals surface area contributed by atoms with Crippen molar-refractivity contribution in [3.8, 4) is 0 Å². The van der Waals surface area contributed by atoms with E-state index >= 15 is 0 Å². The Kier molecular flexibility index (Phi) is 1.91. The fourth-order valence-electron chi connectivity index (χ4n) is 0.704. The Morgan fingerprint density at radius 2 is 2.70 bits per heavy atom. The summed E-state index contributed by atoms with van der Waals surface area (Å²) in [4.78, 5) is 10.7. The van der Waals surface area contributed by atoms with Crippen LogP contribution in [-0.4, -0.2) is 25.7 Å². The fourth-order valence-corrected chi connectivity index (χ4v) is 0.704. The van der Waals surface area contributed by atoms with Crippen LogP contribution >= 0.6 is 0 Å². The summed E-state index contributed by atoms with van der Waals surface area (Å²) in [5.41, 5.74) is 5.41. The van der Waals surface area contributed by atoms with Gasteiger partial charge < -0.3 is 15.2 Å². The maximum Gasteiger partial charge on any atom is 0.373 e. The Balaban J connectivity index is 2.57. The number of esters is 1. The third-order valence-corrected chi connectivity index (χ3v) is 1.18. The Labute approximate surface area is 58.6 Å². The minimum atomic E-state index is -0.465. The van der Waals surface area contributed by atoms with Gasteiger partial charge in [0.1, 0.15) is 6.61 Å². The average Bonchev–Trinajstić information content (AvgIpc) is 2.34. The number of hydrogen-bond donors (Lipinski definition) is 1. The minimum absolute atomic E-state index is 0.172. The molecule has 0 aromatic rings. The van der Waals surface area contributed by atoms with Crippen molar-refractivity contribution in [1.82, 2.24) is 0 Å². The molecule has 4 nitrogen and oxygen atoms in total. The van der Waals surface area contributed by atoms with E-state index in [4.69, 9.17) is 10.5 Å². The first-order valence-electron chi connectivity index (χ1n) is 2.92. The minimum Gasteiger partial charge on any atom is -0.485 e. The van der Waals surface area contributed by atoms with Crippen molar-refractivity contribution in [3.63, 3.8) is 0 Å². The van der Waals surface area contributed by atoms with Crippen molar-refractivity contribution in [2.75, 3.05) is 13.7 Å². The highest BCUT2D eigenvalue weighted by atomic mass is 16.6. The van der Waals surface area contributed by atoms with Crippen molar-refractivity contribution < 1.29 is 14.3 Å². The summed E-state index contributed by atoms with van der Waals surface area (Å²) in [7, 11) is 1.30. The largest absolute Gasteiger partial charge is 0.485 e. The van der Waals surface area contributed by atoms with Crippen LogP contribution in [0.3, 0.4) is 0 Å². The predicted octanol–water partition coefficient (Wildman–Crippen LogP) is -0.599. The van der Waals surface area contributed by atoms with Gasteiger partial charge in [-0.15, -0.1) is 0 Å². The number of rotatable bonds is 1. The van der Waals surface area contributed by atoms with E-state index in [1.807, 2.05) is 0 Å². The molecule has 0 unspecified atom stereocenters. The van der Waals surface area contributed by atoms with Crippen molar-refractivity contribution in [1.29, 1.82) is 0 Å². The van der Waals surface area contributed by atoms with Gasteiger partial charge in [-0.25, -0.2) is 4.79 Å². The van der Waals surface area contributed by atoms with Crippen LogP contribution in [0.2, 0.25) is 0 Å². The van der Waals surface area contributed by atoms with Gasteiger partial charge in [0.15, 0.2) is 0 Å². The summed E-state index contributed by atoms with van der Waals surface area (Å²) < 4.78 is 9.27. The lowest BCUT2D eigenvalue weighted by molar-refractivity contribution is -0.139. The fraction of sp³-hybridized carbons (Fsp3) is 0.500. The highest BCUT2D eigenvalue weighted by Gasteiger charge is 2.19. The van der Waals surface area contributed by atoms with Gasteiger partial charge in [-0.1, -0.05) is 0 Å². The summed E-state index contributed by atoms with van der Waals surface area (Å²) in [5, 5.41) is 0. The van der Waals surface area contributed by atoms with Gasteiger partial charge in [-0.3, -0.25) is 0 Å². The Bertz CT molecular complexity index is 176. The quantitative estimate of drug-likeness (QED) is 0.498. The van der Waals surface area contributed by atoms with Crippen molar-refractivity contribution in [2.24, 2.45) is 5.73 Å². The van der Waals surface area contributed by atoms with Gasteiger partial charge in [0.2, 0.25) is 5.76 Å². The van der Waals surface area contributed by atoms with E-state index in [0.29, 0.717) is 6.61 Å². The molecule has 0 fully saturated rings. The van der Waals surface area contributed by atoms with Crippen LogP contribution in [0.4, 0.5) is 0 Å². The topological polar surface area (TPSA) is 61.5 Å². The van der Waals surface area contributed by atoms with Crippen LogP contribution in [0.5, 0.6) is 0 Å². The maximum absolute atomic E-state index is 10.7. The zero-order valence-corrected chi connectivity index (χ0v) is 5.66.